The van der Waals surface area contributed by atoms with E-state index < -0.39 is 0 Å². The third-order valence-corrected chi connectivity index (χ3v) is 3.51. The van der Waals surface area contributed by atoms with Gasteiger partial charge in [0.25, 0.3) is 0 Å². The zero-order chi connectivity index (χ0) is 13.2. The Kier molecular flexibility index (Phi) is 3.23. The lowest BCUT2D eigenvalue weighted by atomic mass is 10.1. The molecule has 0 unspecified atom stereocenters. The van der Waals surface area contributed by atoms with Gasteiger partial charge in [-0.1, -0.05) is 23.7 Å². The molecule has 0 bridgehead atoms. The average Bonchev–Trinajstić information content (AvgIpc) is 2.90. The lowest BCUT2D eigenvalue weighted by Gasteiger charge is -2.09. The Morgan fingerprint density at radius 3 is 3.00 bits per heavy atom. The van der Waals surface area contributed by atoms with Gasteiger partial charge < -0.3 is 5.32 Å². The summed E-state index contributed by atoms with van der Waals surface area (Å²) in [6, 6.07) is 12.2. The van der Waals surface area contributed by atoms with E-state index in [-0.39, 0.29) is 0 Å². The number of rotatable bonds is 3. The second-order valence-electron chi connectivity index (χ2n) is 4.40. The van der Waals surface area contributed by atoms with Gasteiger partial charge in [0.05, 0.1) is 5.69 Å². The predicted molar refractivity (Wildman–Crippen MR) is 78.4 cm³/mol. The highest BCUT2D eigenvalue weighted by Crippen LogP contribution is 2.25. The third kappa shape index (κ3) is 2.23. The lowest BCUT2D eigenvalue weighted by molar-refractivity contribution is 0.818. The number of nitrogens with one attached hydrogen (secondary N) is 1. The number of imidazole rings is 1. The second kappa shape index (κ2) is 5.03. The molecule has 3 aromatic rings. The number of halogens is 1. The topological polar surface area (TPSA) is 29.3 Å². The normalized spacial score (nSPS) is 11.1. The number of hydrogen-bond acceptors (Lipinski definition) is 2. The van der Waals surface area contributed by atoms with Gasteiger partial charge in [-0.3, -0.25) is 4.40 Å². The van der Waals surface area contributed by atoms with Gasteiger partial charge >= 0.3 is 0 Å². The molecule has 2 heterocycles. The van der Waals surface area contributed by atoms with Gasteiger partial charge in [-0.25, -0.2) is 4.98 Å². The summed E-state index contributed by atoms with van der Waals surface area (Å²) in [6.07, 6.45) is 3.78. The summed E-state index contributed by atoms with van der Waals surface area (Å²) in [5.41, 5.74) is 4.30. The second-order valence-corrected chi connectivity index (χ2v) is 4.81. The summed E-state index contributed by atoms with van der Waals surface area (Å²) in [6.45, 7) is 0.757. The number of nitrogens with zero attached hydrogens (tertiary/aromatic N) is 2. The molecule has 19 heavy (non-hydrogen) atoms. The SMILES string of the molecule is CNCc1cc(-c2cccc3nccn23)ccc1Cl. The van der Waals surface area contributed by atoms with E-state index in [0.717, 1.165) is 34.0 Å². The number of fused-ring (bicyclic) bond motifs is 1. The Bertz CT molecular complexity index is 718. The van der Waals surface area contributed by atoms with Crippen LogP contribution >= 0.6 is 11.6 Å². The van der Waals surface area contributed by atoms with Gasteiger partial charge in [-0.15, -0.1) is 0 Å². The molecular formula is C15H14ClN3. The Morgan fingerprint density at radius 2 is 2.16 bits per heavy atom. The minimum Gasteiger partial charge on any atom is -0.316 e. The lowest BCUT2D eigenvalue weighted by Crippen LogP contribution is -2.05. The fraction of sp³-hybridized carbons (Fsp3) is 0.133. The molecule has 0 amide bonds. The van der Waals surface area contributed by atoms with Crippen molar-refractivity contribution in [3.8, 4) is 11.3 Å². The maximum absolute atomic E-state index is 6.20. The summed E-state index contributed by atoms with van der Waals surface area (Å²) >= 11 is 6.20. The van der Waals surface area contributed by atoms with Crippen LogP contribution in [0.4, 0.5) is 0 Å². The van der Waals surface area contributed by atoms with Crippen molar-refractivity contribution in [1.82, 2.24) is 14.7 Å². The van der Waals surface area contributed by atoms with Crippen molar-refractivity contribution in [2.75, 3.05) is 7.05 Å². The minimum absolute atomic E-state index is 0.757. The van der Waals surface area contributed by atoms with E-state index in [2.05, 4.69) is 26.8 Å². The molecule has 0 radical (unpaired) electrons. The molecule has 3 nitrogen and oxygen atoms in total. The number of benzene rings is 1. The highest BCUT2D eigenvalue weighted by Gasteiger charge is 2.06. The molecule has 0 saturated carbocycles. The van der Waals surface area contributed by atoms with Crippen molar-refractivity contribution in [2.24, 2.45) is 0 Å². The summed E-state index contributed by atoms with van der Waals surface area (Å²) < 4.78 is 2.08. The first-order valence-electron chi connectivity index (χ1n) is 6.15. The van der Waals surface area contributed by atoms with Crippen molar-refractivity contribution < 1.29 is 0 Å². The van der Waals surface area contributed by atoms with E-state index in [1.54, 1.807) is 0 Å². The molecule has 0 atom stereocenters. The van der Waals surface area contributed by atoms with Gasteiger partial charge in [0.15, 0.2) is 0 Å². The first-order chi connectivity index (χ1) is 9.29. The van der Waals surface area contributed by atoms with E-state index in [9.17, 15) is 0 Å². The fourth-order valence-corrected chi connectivity index (χ4v) is 2.43. The van der Waals surface area contributed by atoms with E-state index in [1.807, 2.05) is 43.7 Å². The number of hydrogen-bond donors (Lipinski definition) is 1. The van der Waals surface area contributed by atoms with Crippen LogP contribution in [0.2, 0.25) is 5.02 Å². The Morgan fingerprint density at radius 1 is 1.26 bits per heavy atom. The van der Waals surface area contributed by atoms with Crippen molar-refractivity contribution in [2.45, 2.75) is 6.54 Å². The van der Waals surface area contributed by atoms with Gasteiger partial charge in [-0.2, -0.15) is 0 Å². The van der Waals surface area contributed by atoms with Crippen molar-refractivity contribution >= 4 is 17.2 Å². The maximum atomic E-state index is 6.20. The molecular weight excluding hydrogens is 258 g/mol. The van der Waals surface area contributed by atoms with E-state index in [1.165, 1.54) is 0 Å². The largest absolute Gasteiger partial charge is 0.316 e. The van der Waals surface area contributed by atoms with Crippen molar-refractivity contribution in [3.63, 3.8) is 0 Å². The molecule has 2 aromatic heterocycles. The molecule has 1 N–H and O–H groups in total. The Hall–Kier alpha value is -1.84. The molecule has 0 spiro atoms. The number of pyridine rings is 1. The van der Waals surface area contributed by atoms with Crippen LogP contribution in [0, 0.1) is 0 Å². The van der Waals surface area contributed by atoms with Gasteiger partial charge in [-0.05, 0) is 42.4 Å². The quantitative estimate of drug-likeness (QED) is 0.791. The van der Waals surface area contributed by atoms with Crippen LogP contribution < -0.4 is 5.32 Å². The molecule has 0 aliphatic heterocycles. The zero-order valence-electron chi connectivity index (χ0n) is 10.6. The van der Waals surface area contributed by atoms with E-state index in [0.29, 0.717) is 0 Å². The smallest absolute Gasteiger partial charge is 0.137 e. The Labute approximate surface area is 116 Å². The Balaban J connectivity index is 2.16. The minimum atomic E-state index is 0.757. The summed E-state index contributed by atoms with van der Waals surface area (Å²) in [5, 5.41) is 3.92. The number of aromatic nitrogens is 2. The van der Waals surface area contributed by atoms with Crippen molar-refractivity contribution in [1.29, 1.82) is 0 Å². The molecule has 3 rings (SSSR count). The van der Waals surface area contributed by atoms with Crippen LogP contribution in [0.1, 0.15) is 5.56 Å². The molecule has 0 aliphatic rings. The summed E-state index contributed by atoms with van der Waals surface area (Å²) in [5.74, 6) is 0. The fourth-order valence-electron chi connectivity index (χ4n) is 2.24. The van der Waals surface area contributed by atoms with Crippen LogP contribution in [0.5, 0.6) is 0 Å². The van der Waals surface area contributed by atoms with Crippen LogP contribution in [0.25, 0.3) is 16.9 Å². The van der Waals surface area contributed by atoms with E-state index in [4.69, 9.17) is 11.6 Å². The third-order valence-electron chi connectivity index (χ3n) is 3.14. The van der Waals surface area contributed by atoms with Crippen molar-refractivity contribution in [3.05, 3.63) is 59.4 Å². The zero-order valence-corrected chi connectivity index (χ0v) is 11.4. The monoisotopic (exact) mass is 271 g/mol. The molecule has 0 saturated heterocycles. The van der Waals surface area contributed by atoms with Crippen LogP contribution in [0.3, 0.4) is 0 Å². The first kappa shape index (κ1) is 12.2. The highest BCUT2D eigenvalue weighted by molar-refractivity contribution is 6.31. The van der Waals surface area contributed by atoms with Gasteiger partial charge in [0.2, 0.25) is 0 Å². The van der Waals surface area contributed by atoms with Crippen LogP contribution in [0.15, 0.2) is 48.8 Å². The maximum Gasteiger partial charge on any atom is 0.137 e. The van der Waals surface area contributed by atoms with Crippen LogP contribution in [-0.4, -0.2) is 16.4 Å². The summed E-state index contributed by atoms with van der Waals surface area (Å²) in [7, 11) is 1.92. The first-order valence-corrected chi connectivity index (χ1v) is 6.53. The summed E-state index contributed by atoms with van der Waals surface area (Å²) in [4.78, 5) is 4.31. The van der Waals surface area contributed by atoms with Crippen LogP contribution in [-0.2, 0) is 6.54 Å². The average molecular weight is 272 g/mol. The highest BCUT2D eigenvalue weighted by atomic mass is 35.5. The molecule has 0 aliphatic carbocycles. The van der Waals surface area contributed by atoms with E-state index >= 15 is 0 Å². The standard InChI is InChI=1S/C15H14ClN3/c1-17-10-12-9-11(5-6-13(12)16)14-3-2-4-15-18-7-8-19(14)15/h2-9,17H,10H2,1H3. The molecule has 0 fully saturated rings. The molecule has 96 valence electrons. The predicted octanol–water partition coefficient (Wildman–Crippen LogP) is 3.37. The molecule has 1 aromatic carbocycles. The van der Waals surface area contributed by atoms with Gasteiger partial charge in [0, 0.05) is 24.0 Å². The molecule has 4 heteroatoms. The van der Waals surface area contributed by atoms with Gasteiger partial charge in [0.1, 0.15) is 5.65 Å².